The molecule has 6 heteroatoms. The average Bonchev–Trinajstić information content (AvgIpc) is 2.94. The number of carbonyl (C=O) groups is 1. The van der Waals surface area contributed by atoms with Crippen LogP contribution in [0, 0.1) is 5.41 Å². The van der Waals surface area contributed by atoms with Gasteiger partial charge in [-0.2, -0.15) is 23.5 Å². The van der Waals surface area contributed by atoms with Gasteiger partial charge in [-0.15, -0.1) is 0 Å². The molecule has 1 aromatic rings. The third kappa shape index (κ3) is 5.12. The fourth-order valence-electron chi connectivity index (χ4n) is 3.86. The van der Waals surface area contributed by atoms with Crippen LogP contribution >= 0.6 is 35.1 Å². The van der Waals surface area contributed by atoms with Gasteiger partial charge in [-0.25, -0.2) is 0 Å². The number of rotatable bonds is 5. The Morgan fingerprint density at radius 2 is 1.81 bits per heavy atom. The van der Waals surface area contributed by atoms with Crippen LogP contribution in [0.15, 0.2) is 24.3 Å². The molecule has 3 nitrogen and oxygen atoms in total. The first-order valence-electron chi connectivity index (χ1n) is 9.44. The van der Waals surface area contributed by atoms with Gasteiger partial charge in [0.2, 0.25) is 0 Å². The van der Waals surface area contributed by atoms with Crippen molar-refractivity contribution in [3.05, 3.63) is 34.9 Å². The van der Waals surface area contributed by atoms with Crippen LogP contribution in [0.1, 0.15) is 25.3 Å². The van der Waals surface area contributed by atoms with Crippen molar-refractivity contribution in [2.24, 2.45) is 5.41 Å². The van der Waals surface area contributed by atoms with Crippen molar-refractivity contribution >= 4 is 41.1 Å². The van der Waals surface area contributed by atoms with Crippen LogP contribution in [0.25, 0.3) is 0 Å². The minimum Gasteiger partial charge on any atom is -0.466 e. The summed E-state index contributed by atoms with van der Waals surface area (Å²) in [6, 6.07) is 8.53. The molecule has 3 rings (SSSR count). The van der Waals surface area contributed by atoms with Crippen LogP contribution in [-0.2, 0) is 16.0 Å². The predicted octanol–water partition coefficient (Wildman–Crippen LogP) is 4.38. The molecule has 0 amide bonds. The van der Waals surface area contributed by atoms with E-state index in [4.69, 9.17) is 16.3 Å². The molecule has 0 saturated carbocycles. The Morgan fingerprint density at radius 3 is 2.38 bits per heavy atom. The van der Waals surface area contributed by atoms with E-state index in [1.165, 1.54) is 23.0 Å². The number of benzene rings is 1. The van der Waals surface area contributed by atoms with Crippen LogP contribution in [0.3, 0.4) is 0 Å². The smallest absolute Gasteiger partial charge is 0.312 e. The summed E-state index contributed by atoms with van der Waals surface area (Å²) in [6.07, 6.45) is 2.49. The topological polar surface area (TPSA) is 29.5 Å². The van der Waals surface area contributed by atoms with Gasteiger partial charge in [0, 0.05) is 34.1 Å². The summed E-state index contributed by atoms with van der Waals surface area (Å²) in [5.74, 6) is 4.93. The number of esters is 1. The number of carbonyl (C=O) groups excluding carboxylic acids is 1. The van der Waals surface area contributed by atoms with Gasteiger partial charge in [-0.05, 0) is 57.0 Å². The highest BCUT2D eigenvalue weighted by atomic mass is 35.5. The van der Waals surface area contributed by atoms with E-state index in [0.29, 0.717) is 12.6 Å². The maximum absolute atomic E-state index is 12.9. The standard InChI is InChI=1S/C20H28ClNO2S2/c1-2-24-19(23)20(13-16-3-5-17(21)6-4-16)7-9-22(10-8-20)18-14-25-11-12-26-15-18/h3-6,18H,2,7-15H2,1H3. The van der Waals surface area contributed by atoms with Crippen LogP contribution in [0.2, 0.25) is 5.02 Å². The third-order valence-corrected chi connectivity index (χ3v) is 8.17. The first kappa shape index (κ1) is 20.4. The molecule has 2 aliphatic heterocycles. The molecule has 2 saturated heterocycles. The highest BCUT2D eigenvalue weighted by Gasteiger charge is 2.43. The van der Waals surface area contributed by atoms with Gasteiger partial charge in [0.15, 0.2) is 0 Å². The van der Waals surface area contributed by atoms with E-state index in [2.05, 4.69) is 28.4 Å². The molecule has 1 aromatic carbocycles. The predicted molar refractivity (Wildman–Crippen MR) is 113 cm³/mol. The lowest BCUT2D eigenvalue weighted by molar-refractivity contribution is -0.158. The lowest BCUT2D eigenvalue weighted by Gasteiger charge is -2.42. The van der Waals surface area contributed by atoms with Gasteiger partial charge >= 0.3 is 5.97 Å². The first-order valence-corrected chi connectivity index (χ1v) is 12.1. The number of hydrogen-bond donors (Lipinski definition) is 0. The Hall–Kier alpha value is -0.360. The van der Waals surface area contributed by atoms with Crippen LogP contribution < -0.4 is 0 Å². The molecule has 2 fully saturated rings. The molecule has 26 heavy (non-hydrogen) atoms. The quantitative estimate of drug-likeness (QED) is 0.668. The van der Waals surface area contributed by atoms with Gasteiger partial charge in [0.05, 0.1) is 12.0 Å². The van der Waals surface area contributed by atoms with Crippen molar-refractivity contribution in [1.29, 1.82) is 0 Å². The third-order valence-electron chi connectivity index (χ3n) is 5.43. The number of likely N-dealkylation sites (tertiary alicyclic amines) is 1. The van der Waals surface area contributed by atoms with E-state index >= 15 is 0 Å². The van der Waals surface area contributed by atoms with Crippen LogP contribution in [-0.4, -0.2) is 59.6 Å². The fraction of sp³-hybridized carbons (Fsp3) is 0.650. The Morgan fingerprint density at radius 1 is 1.19 bits per heavy atom. The van der Waals surface area contributed by atoms with E-state index in [1.54, 1.807) is 0 Å². The zero-order chi connectivity index (χ0) is 18.4. The lowest BCUT2D eigenvalue weighted by atomic mass is 9.73. The summed E-state index contributed by atoms with van der Waals surface area (Å²) in [4.78, 5) is 15.5. The maximum atomic E-state index is 12.9. The normalized spacial score (nSPS) is 21.9. The summed E-state index contributed by atoms with van der Waals surface area (Å²) in [5, 5.41) is 0.733. The zero-order valence-corrected chi connectivity index (χ0v) is 17.8. The van der Waals surface area contributed by atoms with Gasteiger partial charge < -0.3 is 4.74 Å². The van der Waals surface area contributed by atoms with E-state index in [9.17, 15) is 4.79 Å². The number of nitrogens with zero attached hydrogens (tertiary/aromatic N) is 1. The fourth-order valence-corrected chi connectivity index (χ4v) is 6.62. The van der Waals surface area contributed by atoms with Crippen molar-refractivity contribution < 1.29 is 9.53 Å². The Bertz CT molecular complexity index is 580. The van der Waals surface area contributed by atoms with Crippen molar-refractivity contribution in [2.45, 2.75) is 32.2 Å². The second-order valence-corrected chi connectivity index (χ2v) is 9.88. The molecule has 0 N–H and O–H groups in total. The minimum absolute atomic E-state index is 0.0285. The SMILES string of the molecule is CCOC(=O)C1(Cc2ccc(Cl)cc2)CCN(C2CSCCSC2)CC1. The van der Waals surface area contributed by atoms with Crippen LogP contribution in [0.4, 0.5) is 0 Å². The highest BCUT2D eigenvalue weighted by Crippen LogP contribution is 2.38. The van der Waals surface area contributed by atoms with Crippen molar-refractivity contribution in [3.8, 4) is 0 Å². The molecule has 0 radical (unpaired) electrons. The molecule has 0 aliphatic carbocycles. The van der Waals surface area contributed by atoms with Crippen molar-refractivity contribution in [3.63, 3.8) is 0 Å². The van der Waals surface area contributed by atoms with E-state index in [1.807, 2.05) is 31.2 Å². The maximum Gasteiger partial charge on any atom is 0.312 e. The number of piperidine rings is 1. The molecule has 2 heterocycles. The molecular weight excluding hydrogens is 386 g/mol. The van der Waals surface area contributed by atoms with Gasteiger partial charge in [-0.3, -0.25) is 9.69 Å². The first-order chi connectivity index (χ1) is 12.6. The van der Waals surface area contributed by atoms with E-state index in [0.717, 1.165) is 42.9 Å². The molecule has 0 atom stereocenters. The monoisotopic (exact) mass is 413 g/mol. The molecule has 2 aliphatic rings. The number of halogens is 1. The molecule has 144 valence electrons. The molecular formula is C20H28ClNO2S2. The number of hydrogen-bond acceptors (Lipinski definition) is 5. The summed E-state index contributed by atoms with van der Waals surface area (Å²) < 4.78 is 5.49. The summed E-state index contributed by atoms with van der Waals surface area (Å²) in [7, 11) is 0. The largest absolute Gasteiger partial charge is 0.466 e. The van der Waals surface area contributed by atoms with Gasteiger partial charge in [0.25, 0.3) is 0 Å². The second-order valence-electron chi connectivity index (χ2n) is 7.14. The van der Waals surface area contributed by atoms with E-state index < -0.39 is 5.41 Å². The summed E-state index contributed by atoms with van der Waals surface area (Å²) in [6.45, 7) is 4.31. The average molecular weight is 414 g/mol. The zero-order valence-electron chi connectivity index (χ0n) is 15.4. The number of thioether (sulfide) groups is 2. The molecule has 0 unspecified atom stereocenters. The van der Waals surface area contributed by atoms with Crippen molar-refractivity contribution in [2.75, 3.05) is 42.7 Å². The minimum atomic E-state index is -0.397. The van der Waals surface area contributed by atoms with Crippen LogP contribution in [0.5, 0.6) is 0 Å². The second kappa shape index (κ2) is 9.72. The summed E-state index contributed by atoms with van der Waals surface area (Å²) >= 11 is 10.2. The molecule has 0 aromatic heterocycles. The van der Waals surface area contributed by atoms with Gasteiger partial charge in [0.1, 0.15) is 0 Å². The Balaban J connectivity index is 1.69. The summed E-state index contributed by atoms with van der Waals surface area (Å²) in [5.41, 5.74) is 0.766. The molecule has 0 bridgehead atoms. The van der Waals surface area contributed by atoms with Crippen molar-refractivity contribution in [1.82, 2.24) is 4.90 Å². The lowest BCUT2D eigenvalue weighted by Crippen LogP contribution is -2.50. The Labute approximate surface area is 170 Å². The highest BCUT2D eigenvalue weighted by molar-refractivity contribution is 8.03. The van der Waals surface area contributed by atoms with Gasteiger partial charge in [-0.1, -0.05) is 23.7 Å². The molecule has 0 spiro atoms. The van der Waals surface area contributed by atoms with E-state index in [-0.39, 0.29) is 5.97 Å². The Kier molecular flexibility index (Phi) is 7.62. The number of ether oxygens (including phenoxy) is 1.